The molecule has 0 saturated carbocycles. The van der Waals surface area contributed by atoms with Crippen LogP contribution < -0.4 is 5.43 Å². The maximum Gasteiger partial charge on any atom is 0.296 e. The van der Waals surface area contributed by atoms with Gasteiger partial charge in [-0.1, -0.05) is 18.6 Å². The zero-order valence-corrected chi connectivity index (χ0v) is 9.98. The molecule has 1 saturated heterocycles. The summed E-state index contributed by atoms with van der Waals surface area (Å²) in [5.74, 6) is 0. The highest BCUT2D eigenvalue weighted by molar-refractivity contribution is 5.64. The normalized spacial score (nSPS) is 16.8. The molecule has 0 bridgehead atoms. The maximum absolute atomic E-state index is 11.0. The zero-order valence-electron chi connectivity index (χ0n) is 9.98. The molecule has 5 heteroatoms. The molecular formula is C12H17N3O2. The average Bonchev–Trinajstić information content (AvgIpc) is 2.30. The summed E-state index contributed by atoms with van der Waals surface area (Å²) in [5.41, 5.74) is 4.63. The van der Waals surface area contributed by atoms with Crippen molar-refractivity contribution in [1.29, 1.82) is 0 Å². The van der Waals surface area contributed by atoms with Gasteiger partial charge in [0.05, 0.1) is 4.92 Å². The second kappa shape index (κ2) is 5.14. The van der Waals surface area contributed by atoms with Crippen molar-refractivity contribution in [2.24, 2.45) is 0 Å². The molecule has 1 aromatic carbocycles. The Labute approximate surface area is 101 Å². The average molecular weight is 235 g/mol. The van der Waals surface area contributed by atoms with E-state index in [0.717, 1.165) is 25.9 Å². The molecule has 92 valence electrons. The van der Waals surface area contributed by atoms with Gasteiger partial charge in [-0.2, -0.15) is 0 Å². The van der Waals surface area contributed by atoms with E-state index < -0.39 is 0 Å². The summed E-state index contributed by atoms with van der Waals surface area (Å²) in [6.07, 6.45) is 3.54. The Morgan fingerprint density at radius 1 is 1.29 bits per heavy atom. The number of piperidine rings is 1. The lowest BCUT2D eigenvalue weighted by atomic mass is 10.1. The fraction of sp³-hybridized carbons (Fsp3) is 0.500. The monoisotopic (exact) mass is 235 g/mol. The van der Waals surface area contributed by atoms with Crippen LogP contribution in [0.5, 0.6) is 0 Å². The number of benzene rings is 1. The minimum Gasteiger partial charge on any atom is -0.313 e. The fourth-order valence-corrected chi connectivity index (χ4v) is 2.17. The van der Waals surface area contributed by atoms with Crippen molar-refractivity contribution in [2.75, 3.05) is 18.5 Å². The molecule has 5 nitrogen and oxygen atoms in total. The van der Waals surface area contributed by atoms with Gasteiger partial charge >= 0.3 is 0 Å². The molecule has 0 aromatic heterocycles. The van der Waals surface area contributed by atoms with E-state index in [4.69, 9.17) is 0 Å². The second-order valence-electron chi connectivity index (χ2n) is 4.39. The molecule has 0 unspecified atom stereocenters. The van der Waals surface area contributed by atoms with Gasteiger partial charge in [-0.15, -0.1) is 0 Å². The Balaban J connectivity index is 2.19. The van der Waals surface area contributed by atoms with Crippen LogP contribution in [0.1, 0.15) is 24.8 Å². The van der Waals surface area contributed by atoms with Crippen LogP contribution in [0.25, 0.3) is 0 Å². The van der Waals surface area contributed by atoms with Gasteiger partial charge in [-0.25, -0.2) is 5.01 Å². The van der Waals surface area contributed by atoms with Crippen molar-refractivity contribution in [3.63, 3.8) is 0 Å². The lowest BCUT2D eigenvalue weighted by molar-refractivity contribution is -0.384. The van der Waals surface area contributed by atoms with Crippen LogP contribution >= 0.6 is 0 Å². The fourth-order valence-electron chi connectivity index (χ4n) is 2.17. The van der Waals surface area contributed by atoms with Crippen LogP contribution in [-0.2, 0) is 0 Å². The van der Waals surface area contributed by atoms with E-state index in [1.165, 1.54) is 6.42 Å². The lowest BCUT2D eigenvalue weighted by Gasteiger charge is -2.27. The first-order valence-corrected chi connectivity index (χ1v) is 5.94. The van der Waals surface area contributed by atoms with Crippen LogP contribution in [0.15, 0.2) is 18.2 Å². The highest BCUT2D eigenvalue weighted by atomic mass is 16.6. The molecule has 1 N–H and O–H groups in total. The lowest BCUT2D eigenvalue weighted by Crippen LogP contribution is -2.35. The van der Waals surface area contributed by atoms with Crippen molar-refractivity contribution in [2.45, 2.75) is 26.2 Å². The molecule has 2 rings (SSSR count). The maximum atomic E-state index is 11.0. The van der Waals surface area contributed by atoms with Gasteiger partial charge in [-0.05, 0) is 25.8 Å². The van der Waals surface area contributed by atoms with Gasteiger partial charge in [-0.3, -0.25) is 10.1 Å². The van der Waals surface area contributed by atoms with Gasteiger partial charge in [0.25, 0.3) is 5.69 Å². The quantitative estimate of drug-likeness (QED) is 0.646. The largest absolute Gasteiger partial charge is 0.313 e. The summed E-state index contributed by atoms with van der Waals surface area (Å²) in [6.45, 7) is 3.66. The Bertz CT molecular complexity index is 414. The number of nitro groups is 1. The summed E-state index contributed by atoms with van der Waals surface area (Å²) in [7, 11) is 0. The van der Waals surface area contributed by atoms with E-state index in [0.29, 0.717) is 11.3 Å². The van der Waals surface area contributed by atoms with Crippen molar-refractivity contribution >= 4 is 11.4 Å². The van der Waals surface area contributed by atoms with Crippen molar-refractivity contribution in [1.82, 2.24) is 5.01 Å². The van der Waals surface area contributed by atoms with Crippen LogP contribution in [-0.4, -0.2) is 23.0 Å². The van der Waals surface area contributed by atoms with Gasteiger partial charge in [0.2, 0.25) is 0 Å². The minimum absolute atomic E-state index is 0.179. The van der Waals surface area contributed by atoms with Gasteiger partial charge in [0, 0.05) is 18.7 Å². The second-order valence-corrected chi connectivity index (χ2v) is 4.39. The third kappa shape index (κ3) is 2.74. The molecule has 0 radical (unpaired) electrons. The van der Waals surface area contributed by atoms with Crippen LogP contribution in [0, 0.1) is 17.0 Å². The predicted octanol–water partition coefficient (Wildman–Crippen LogP) is 2.72. The van der Waals surface area contributed by atoms with E-state index in [1.807, 2.05) is 6.07 Å². The Morgan fingerprint density at radius 3 is 2.65 bits per heavy atom. The molecule has 1 heterocycles. The Kier molecular flexibility index (Phi) is 3.58. The summed E-state index contributed by atoms with van der Waals surface area (Å²) >= 11 is 0. The van der Waals surface area contributed by atoms with Crippen molar-refractivity contribution < 1.29 is 4.92 Å². The molecule has 17 heavy (non-hydrogen) atoms. The van der Waals surface area contributed by atoms with Crippen molar-refractivity contribution in [3.05, 3.63) is 33.9 Å². The molecule has 1 fully saturated rings. The molecule has 1 aromatic rings. The van der Waals surface area contributed by atoms with E-state index >= 15 is 0 Å². The molecular weight excluding hydrogens is 218 g/mol. The van der Waals surface area contributed by atoms with E-state index in [2.05, 4.69) is 10.4 Å². The number of hydrogen-bond acceptors (Lipinski definition) is 4. The first kappa shape index (κ1) is 11.9. The molecule has 0 aliphatic carbocycles. The number of nitro benzene ring substituents is 1. The Hall–Kier alpha value is -1.62. The van der Waals surface area contributed by atoms with E-state index in [-0.39, 0.29) is 10.6 Å². The van der Waals surface area contributed by atoms with E-state index in [9.17, 15) is 10.1 Å². The number of hydrazine groups is 1. The number of anilines is 1. The molecule has 0 amide bonds. The number of para-hydroxylation sites is 1. The summed E-state index contributed by atoms with van der Waals surface area (Å²) in [4.78, 5) is 10.7. The highest BCUT2D eigenvalue weighted by Gasteiger charge is 2.19. The van der Waals surface area contributed by atoms with Gasteiger partial charge in [0.15, 0.2) is 0 Å². The van der Waals surface area contributed by atoms with Crippen LogP contribution in [0.3, 0.4) is 0 Å². The number of aryl methyl sites for hydroxylation is 1. The zero-order chi connectivity index (χ0) is 12.3. The first-order valence-electron chi connectivity index (χ1n) is 5.94. The van der Waals surface area contributed by atoms with Crippen LogP contribution in [0.4, 0.5) is 11.4 Å². The molecule has 0 atom stereocenters. The summed E-state index contributed by atoms with van der Waals surface area (Å²) < 4.78 is 0. The van der Waals surface area contributed by atoms with E-state index in [1.54, 1.807) is 19.1 Å². The number of nitrogens with zero attached hydrogens (tertiary/aromatic N) is 2. The minimum atomic E-state index is -0.318. The number of nitrogens with one attached hydrogen (secondary N) is 1. The SMILES string of the molecule is Cc1cccc(NN2CCCCC2)c1[N+](=O)[O-]. The van der Waals surface area contributed by atoms with Gasteiger partial charge in [0.1, 0.15) is 5.69 Å². The van der Waals surface area contributed by atoms with Crippen LogP contribution in [0.2, 0.25) is 0 Å². The molecule has 1 aliphatic rings. The smallest absolute Gasteiger partial charge is 0.296 e. The molecule has 1 aliphatic heterocycles. The topological polar surface area (TPSA) is 58.4 Å². The highest BCUT2D eigenvalue weighted by Crippen LogP contribution is 2.28. The Morgan fingerprint density at radius 2 is 2.00 bits per heavy atom. The molecule has 0 spiro atoms. The standard InChI is InChI=1S/C12H17N3O2/c1-10-6-5-7-11(12(10)15(16)17)13-14-8-3-2-4-9-14/h5-7,13H,2-4,8-9H2,1H3. The first-order chi connectivity index (χ1) is 8.18. The summed E-state index contributed by atoms with van der Waals surface area (Å²) in [6, 6.07) is 5.37. The van der Waals surface area contributed by atoms with Crippen molar-refractivity contribution in [3.8, 4) is 0 Å². The predicted molar refractivity (Wildman–Crippen MR) is 66.9 cm³/mol. The van der Waals surface area contributed by atoms with Gasteiger partial charge < -0.3 is 5.43 Å². The third-order valence-corrected chi connectivity index (χ3v) is 3.05. The number of rotatable bonds is 3. The summed E-state index contributed by atoms with van der Waals surface area (Å²) in [5, 5.41) is 13.1. The number of hydrogen-bond donors (Lipinski definition) is 1. The third-order valence-electron chi connectivity index (χ3n) is 3.05.